The zero-order valence-electron chi connectivity index (χ0n) is 16.0. The minimum Gasteiger partial charge on any atom is -0.351 e. The van der Waals surface area contributed by atoms with Crippen molar-refractivity contribution in [1.29, 1.82) is 0 Å². The van der Waals surface area contributed by atoms with E-state index in [-0.39, 0.29) is 16.8 Å². The van der Waals surface area contributed by atoms with Crippen LogP contribution in [0.5, 0.6) is 0 Å². The Balaban J connectivity index is 2.14. The van der Waals surface area contributed by atoms with Crippen LogP contribution in [-0.2, 0) is 10.0 Å². The van der Waals surface area contributed by atoms with E-state index in [9.17, 15) is 13.2 Å². The summed E-state index contributed by atoms with van der Waals surface area (Å²) < 4.78 is 27.6. The van der Waals surface area contributed by atoms with Gasteiger partial charge in [0.15, 0.2) is 0 Å². The number of aryl methyl sites for hydroxylation is 1. The van der Waals surface area contributed by atoms with Crippen molar-refractivity contribution in [1.82, 2.24) is 14.9 Å². The van der Waals surface area contributed by atoms with Crippen LogP contribution in [0.15, 0.2) is 23.1 Å². The number of hydrogen-bond donors (Lipinski definition) is 2. The summed E-state index contributed by atoms with van der Waals surface area (Å²) in [6.45, 7) is 8.52. The molecular formula is C19H31N3O3S. The molecule has 0 bridgehead atoms. The zero-order chi connectivity index (χ0) is 19.2. The molecule has 7 heteroatoms. The maximum atomic E-state index is 13.0. The molecule has 1 amide bonds. The first-order chi connectivity index (χ1) is 12.4. The molecule has 1 aromatic carbocycles. The summed E-state index contributed by atoms with van der Waals surface area (Å²) >= 11 is 0. The molecule has 1 atom stereocenters. The summed E-state index contributed by atoms with van der Waals surface area (Å²) in [4.78, 5) is 12.7. The fourth-order valence-corrected chi connectivity index (χ4v) is 4.96. The summed E-state index contributed by atoms with van der Waals surface area (Å²) in [7, 11) is -3.58. The zero-order valence-corrected chi connectivity index (χ0v) is 16.9. The molecule has 26 heavy (non-hydrogen) atoms. The molecule has 1 fully saturated rings. The van der Waals surface area contributed by atoms with E-state index in [1.54, 1.807) is 16.4 Å². The van der Waals surface area contributed by atoms with E-state index in [0.717, 1.165) is 37.8 Å². The lowest BCUT2D eigenvalue weighted by Gasteiger charge is -2.32. The fourth-order valence-electron chi connectivity index (χ4n) is 3.23. The van der Waals surface area contributed by atoms with Gasteiger partial charge in [-0.15, -0.1) is 0 Å². The second kappa shape index (κ2) is 9.48. The molecule has 6 nitrogen and oxygen atoms in total. The Morgan fingerprint density at radius 3 is 2.69 bits per heavy atom. The van der Waals surface area contributed by atoms with E-state index in [1.165, 1.54) is 6.07 Å². The number of sulfonamides is 1. The fraction of sp³-hybridized carbons (Fsp3) is 0.632. The van der Waals surface area contributed by atoms with Crippen molar-refractivity contribution in [2.45, 2.75) is 57.4 Å². The Labute approximate surface area is 157 Å². The Morgan fingerprint density at radius 2 is 2.00 bits per heavy atom. The monoisotopic (exact) mass is 381 g/mol. The molecular weight excluding hydrogens is 350 g/mol. The molecule has 1 unspecified atom stereocenters. The van der Waals surface area contributed by atoms with Crippen LogP contribution >= 0.6 is 0 Å². The lowest BCUT2D eigenvalue weighted by molar-refractivity contribution is 0.0953. The van der Waals surface area contributed by atoms with Gasteiger partial charge in [-0.3, -0.25) is 4.79 Å². The molecule has 0 spiro atoms. The molecule has 1 heterocycles. The first kappa shape index (κ1) is 20.9. The molecule has 1 aliphatic rings. The number of nitrogens with one attached hydrogen (secondary N) is 2. The number of amides is 1. The molecule has 2 N–H and O–H groups in total. The van der Waals surface area contributed by atoms with Crippen LogP contribution in [0.4, 0.5) is 0 Å². The van der Waals surface area contributed by atoms with Crippen molar-refractivity contribution in [2.24, 2.45) is 0 Å². The van der Waals surface area contributed by atoms with Crippen LogP contribution in [-0.4, -0.2) is 50.9 Å². The largest absolute Gasteiger partial charge is 0.351 e. The first-order valence-electron chi connectivity index (χ1n) is 9.49. The molecule has 0 radical (unpaired) electrons. The summed E-state index contributed by atoms with van der Waals surface area (Å²) in [5, 5.41) is 6.08. The van der Waals surface area contributed by atoms with Crippen LogP contribution in [0.25, 0.3) is 0 Å². The summed E-state index contributed by atoms with van der Waals surface area (Å²) in [5.41, 5.74) is 1.20. The highest BCUT2D eigenvalue weighted by molar-refractivity contribution is 7.89. The van der Waals surface area contributed by atoms with Crippen molar-refractivity contribution in [3.05, 3.63) is 29.3 Å². The minimum absolute atomic E-state index is 0.00281. The van der Waals surface area contributed by atoms with Crippen molar-refractivity contribution in [2.75, 3.05) is 26.2 Å². The number of benzene rings is 1. The standard InChI is InChI=1S/C19H31N3O3S/c1-4-10-20-11-12-21-19(23)18-14-17(9-8-15(18)2)26(24,25)22-13-6-5-7-16(22)3/h8-9,14,16,20H,4-7,10-13H2,1-3H3,(H,21,23). The molecule has 1 aromatic rings. The van der Waals surface area contributed by atoms with Crippen LogP contribution in [0, 0.1) is 6.92 Å². The quantitative estimate of drug-likeness (QED) is 0.677. The van der Waals surface area contributed by atoms with E-state index in [0.29, 0.717) is 25.2 Å². The van der Waals surface area contributed by atoms with Crippen LogP contribution < -0.4 is 10.6 Å². The molecule has 1 aliphatic heterocycles. The van der Waals surface area contributed by atoms with E-state index in [4.69, 9.17) is 0 Å². The molecule has 1 saturated heterocycles. The van der Waals surface area contributed by atoms with Gasteiger partial charge in [-0.25, -0.2) is 8.42 Å². The highest BCUT2D eigenvalue weighted by Crippen LogP contribution is 2.26. The minimum atomic E-state index is -3.58. The van der Waals surface area contributed by atoms with Gasteiger partial charge in [0.1, 0.15) is 0 Å². The second-order valence-corrected chi connectivity index (χ2v) is 8.83. The van der Waals surface area contributed by atoms with E-state index >= 15 is 0 Å². The van der Waals surface area contributed by atoms with Crippen LogP contribution in [0.3, 0.4) is 0 Å². The maximum absolute atomic E-state index is 13.0. The molecule has 0 saturated carbocycles. The van der Waals surface area contributed by atoms with Crippen molar-refractivity contribution in [3.8, 4) is 0 Å². The average Bonchev–Trinajstić information content (AvgIpc) is 2.61. The molecule has 0 aromatic heterocycles. The van der Waals surface area contributed by atoms with Gasteiger partial charge >= 0.3 is 0 Å². The van der Waals surface area contributed by atoms with Crippen LogP contribution in [0.2, 0.25) is 0 Å². The Bertz CT molecular complexity index is 719. The lowest BCUT2D eigenvalue weighted by Crippen LogP contribution is -2.42. The number of carbonyl (C=O) groups is 1. The molecule has 0 aliphatic carbocycles. The Kier molecular flexibility index (Phi) is 7.61. The number of piperidine rings is 1. The highest BCUT2D eigenvalue weighted by atomic mass is 32.2. The van der Waals surface area contributed by atoms with Gasteiger partial charge in [-0.05, 0) is 57.4 Å². The van der Waals surface area contributed by atoms with Crippen LogP contribution in [0.1, 0.15) is 55.5 Å². The number of rotatable bonds is 8. The Hall–Kier alpha value is -1.44. The normalized spacial score (nSPS) is 18.7. The third-order valence-electron chi connectivity index (χ3n) is 4.82. The summed E-state index contributed by atoms with van der Waals surface area (Å²) in [6.07, 6.45) is 3.86. The third kappa shape index (κ3) is 5.05. The SMILES string of the molecule is CCCNCCNC(=O)c1cc(S(=O)(=O)N2CCCCC2C)ccc1C. The Morgan fingerprint density at radius 1 is 1.23 bits per heavy atom. The van der Waals surface area contributed by atoms with Gasteiger partial charge in [0.2, 0.25) is 10.0 Å². The van der Waals surface area contributed by atoms with E-state index in [1.807, 2.05) is 13.8 Å². The van der Waals surface area contributed by atoms with Gasteiger partial charge in [0.25, 0.3) is 5.91 Å². The topological polar surface area (TPSA) is 78.5 Å². The van der Waals surface area contributed by atoms with Crippen molar-refractivity contribution in [3.63, 3.8) is 0 Å². The van der Waals surface area contributed by atoms with Crippen molar-refractivity contribution < 1.29 is 13.2 Å². The average molecular weight is 382 g/mol. The second-order valence-electron chi connectivity index (χ2n) is 6.94. The maximum Gasteiger partial charge on any atom is 0.251 e. The lowest BCUT2D eigenvalue weighted by atomic mass is 10.1. The van der Waals surface area contributed by atoms with E-state index in [2.05, 4.69) is 17.6 Å². The van der Waals surface area contributed by atoms with Gasteiger partial charge in [-0.2, -0.15) is 4.31 Å². The van der Waals surface area contributed by atoms with E-state index < -0.39 is 10.0 Å². The highest BCUT2D eigenvalue weighted by Gasteiger charge is 2.31. The summed E-state index contributed by atoms with van der Waals surface area (Å²) in [5.74, 6) is -0.232. The smallest absolute Gasteiger partial charge is 0.251 e. The van der Waals surface area contributed by atoms with Crippen molar-refractivity contribution >= 4 is 15.9 Å². The predicted molar refractivity (Wildman–Crippen MR) is 104 cm³/mol. The molecule has 146 valence electrons. The van der Waals surface area contributed by atoms with Gasteiger partial charge in [0, 0.05) is 31.2 Å². The number of nitrogens with zero attached hydrogens (tertiary/aromatic N) is 1. The predicted octanol–water partition coefficient (Wildman–Crippen LogP) is 2.29. The third-order valence-corrected chi connectivity index (χ3v) is 6.83. The number of hydrogen-bond acceptors (Lipinski definition) is 4. The summed E-state index contributed by atoms with van der Waals surface area (Å²) in [6, 6.07) is 4.83. The van der Waals surface area contributed by atoms with Gasteiger partial charge in [0.05, 0.1) is 4.90 Å². The van der Waals surface area contributed by atoms with Gasteiger partial charge < -0.3 is 10.6 Å². The molecule has 2 rings (SSSR count). The van der Waals surface area contributed by atoms with Gasteiger partial charge in [-0.1, -0.05) is 19.4 Å². The number of carbonyl (C=O) groups excluding carboxylic acids is 1. The first-order valence-corrected chi connectivity index (χ1v) is 10.9.